The lowest BCUT2D eigenvalue weighted by Crippen LogP contribution is -2.47. The van der Waals surface area contributed by atoms with Crippen molar-refractivity contribution in [2.45, 2.75) is 156 Å². The van der Waals surface area contributed by atoms with Crippen molar-refractivity contribution in [3.8, 4) is 5.75 Å². The highest BCUT2D eigenvalue weighted by molar-refractivity contribution is 7.18. The van der Waals surface area contributed by atoms with Gasteiger partial charge in [0.2, 0.25) is 5.75 Å². The second-order valence-corrected chi connectivity index (χ2v) is 20.2. The number of cyclic esters (lactones) is 1. The SMILES string of the molecule is C=CC[C@H]1C(=O)C(C)(C)[C@@H](O)CC(=O)O[C@H](c2ccc3sc(C)nc3c2)C/C=C(/C)CCC[C@H](C)[C@@H]1OC(=O)OCc1ccc(OC(=O)CCCCCCCCCCN2C(=O)C=CC2=O)c([N+](=O)[O-])c1. The Morgan fingerprint density at radius 2 is 1.69 bits per heavy atom. The van der Waals surface area contributed by atoms with E-state index in [2.05, 4.69) is 11.6 Å². The predicted molar refractivity (Wildman–Crippen MR) is 263 cm³/mol. The summed E-state index contributed by atoms with van der Waals surface area (Å²) in [6, 6.07) is 9.66. The lowest BCUT2D eigenvalue weighted by Gasteiger charge is -2.37. The fourth-order valence-electron chi connectivity index (χ4n) is 8.81. The maximum absolute atomic E-state index is 14.5. The van der Waals surface area contributed by atoms with E-state index in [1.807, 2.05) is 45.0 Å². The van der Waals surface area contributed by atoms with Crippen LogP contribution in [0.15, 0.2) is 72.9 Å². The topological polar surface area (TPSA) is 219 Å². The summed E-state index contributed by atoms with van der Waals surface area (Å²) in [7, 11) is 0. The number of unbranched alkanes of at least 4 members (excludes halogenated alkanes) is 7. The second-order valence-electron chi connectivity index (χ2n) is 18.9. The molecular formula is C53H67N3O13S. The van der Waals surface area contributed by atoms with E-state index in [1.165, 1.54) is 35.3 Å². The Morgan fingerprint density at radius 1 is 1.00 bits per heavy atom. The molecule has 0 fully saturated rings. The number of aliphatic hydroxyl groups excluding tert-OH is 1. The lowest BCUT2D eigenvalue weighted by molar-refractivity contribution is -0.385. The molecule has 0 spiro atoms. The molecule has 2 aliphatic heterocycles. The molecule has 0 bridgehead atoms. The number of aliphatic hydroxyl groups is 1. The van der Waals surface area contributed by atoms with Crippen LogP contribution in [0, 0.1) is 34.3 Å². The normalized spacial score (nSPS) is 22.1. The first kappa shape index (κ1) is 54.9. The number of allylic oxidation sites excluding steroid dienone is 2. The number of ether oxygens (including phenoxy) is 4. The van der Waals surface area contributed by atoms with E-state index in [9.17, 15) is 44.0 Å². The molecule has 0 aliphatic carbocycles. The number of carbonyl (C=O) groups excluding carboxylic acids is 6. The second kappa shape index (κ2) is 26.2. The number of imide groups is 1. The predicted octanol–water partition coefficient (Wildman–Crippen LogP) is 10.9. The van der Waals surface area contributed by atoms with Crippen molar-refractivity contribution < 1.29 is 57.7 Å². The maximum atomic E-state index is 14.5. The highest BCUT2D eigenvalue weighted by Crippen LogP contribution is 2.37. The molecule has 2 amide bonds. The Bertz CT molecular complexity index is 2420. The van der Waals surface area contributed by atoms with Crippen LogP contribution >= 0.6 is 11.3 Å². The van der Waals surface area contributed by atoms with Gasteiger partial charge < -0.3 is 24.1 Å². The van der Waals surface area contributed by atoms with Crippen molar-refractivity contribution in [1.29, 1.82) is 0 Å². The molecule has 1 N–H and O–H groups in total. The molecule has 378 valence electrons. The van der Waals surface area contributed by atoms with Gasteiger partial charge in [0, 0.05) is 37.6 Å². The highest BCUT2D eigenvalue weighted by Gasteiger charge is 2.45. The van der Waals surface area contributed by atoms with Crippen molar-refractivity contribution in [3.05, 3.63) is 99.1 Å². The summed E-state index contributed by atoms with van der Waals surface area (Å²) in [5.74, 6) is -3.88. The van der Waals surface area contributed by atoms with Crippen molar-refractivity contribution in [2.75, 3.05) is 6.54 Å². The van der Waals surface area contributed by atoms with E-state index >= 15 is 0 Å². The zero-order valence-corrected chi connectivity index (χ0v) is 41.8. The van der Waals surface area contributed by atoms with Crippen LogP contribution in [-0.4, -0.2) is 74.4 Å². The molecule has 2 aromatic carbocycles. The molecule has 0 radical (unpaired) electrons. The zero-order valence-electron chi connectivity index (χ0n) is 41.0. The number of hydrogen-bond acceptors (Lipinski definition) is 15. The molecule has 70 heavy (non-hydrogen) atoms. The molecular weight excluding hydrogens is 919 g/mol. The third kappa shape index (κ3) is 15.7. The molecule has 0 saturated heterocycles. The number of fused-ring (bicyclic) bond motifs is 1. The third-order valence-corrected chi connectivity index (χ3v) is 14.0. The quantitative estimate of drug-likeness (QED) is 0.0225. The largest absolute Gasteiger partial charge is 0.508 e. The van der Waals surface area contributed by atoms with Gasteiger partial charge in [-0.2, -0.15) is 0 Å². The van der Waals surface area contributed by atoms with Gasteiger partial charge in [0.05, 0.1) is 44.0 Å². The average Bonchev–Trinajstić information content (AvgIpc) is 3.86. The van der Waals surface area contributed by atoms with E-state index in [0.717, 1.165) is 77.4 Å². The first-order valence-corrected chi connectivity index (χ1v) is 25.1. The molecule has 3 heterocycles. The Balaban J connectivity index is 1.16. The van der Waals surface area contributed by atoms with Gasteiger partial charge in [0.15, 0.2) is 0 Å². The number of nitro groups is 1. The van der Waals surface area contributed by atoms with Gasteiger partial charge in [0.1, 0.15) is 24.6 Å². The number of benzene rings is 2. The number of aryl methyl sites for hydroxylation is 1. The fraction of sp³-hybridized carbons (Fsp3) is 0.528. The number of rotatable bonds is 19. The lowest BCUT2D eigenvalue weighted by atomic mass is 9.71. The van der Waals surface area contributed by atoms with Crippen LogP contribution in [0.25, 0.3) is 10.2 Å². The van der Waals surface area contributed by atoms with Crippen LogP contribution in [0.5, 0.6) is 5.75 Å². The number of nitro benzene ring substituents is 1. The number of thiazole rings is 1. The number of esters is 2. The van der Waals surface area contributed by atoms with Crippen LogP contribution in [0.2, 0.25) is 0 Å². The number of aromatic nitrogens is 1. The van der Waals surface area contributed by atoms with Crippen molar-refractivity contribution in [1.82, 2.24) is 9.88 Å². The van der Waals surface area contributed by atoms with Crippen molar-refractivity contribution >= 4 is 62.9 Å². The molecule has 0 unspecified atom stereocenters. The first-order valence-electron chi connectivity index (χ1n) is 24.3. The molecule has 5 rings (SSSR count). The fourth-order valence-corrected chi connectivity index (χ4v) is 9.62. The summed E-state index contributed by atoms with van der Waals surface area (Å²) < 4.78 is 23.8. The summed E-state index contributed by atoms with van der Waals surface area (Å²) in [6.45, 7) is 12.7. The molecule has 3 aromatic rings. The van der Waals surface area contributed by atoms with E-state index < -0.39 is 77.2 Å². The molecule has 16 nitrogen and oxygen atoms in total. The summed E-state index contributed by atoms with van der Waals surface area (Å²) in [5.41, 5.74) is 0.869. The van der Waals surface area contributed by atoms with E-state index in [4.69, 9.17) is 18.9 Å². The first-order chi connectivity index (χ1) is 33.4. The molecule has 2 aliphatic rings. The number of ketones is 1. The van der Waals surface area contributed by atoms with Gasteiger partial charge in [0.25, 0.3) is 11.8 Å². The van der Waals surface area contributed by atoms with Crippen molar-refractivity contribution in [2.24, 2.45) is 17.3 Å². The summed E-state index contributed by atoms with van der Waals surface area (Å²) in [6.07, 6.45) is 10.6. The number of amides is 2. The van der Waals surface area contributed by atoms with Crippen LogP contribution in [0.1, 0.15) is 146 Å². The van der Waals surface area contributed by atoms with E-state index in [-0.39, 0.29) is 41.9 Å². The molecule has 1 aromatic heterocycles. The number of nitrogens with zero attached hydrogens (tertiary/aromatic N) is 3. The Labute approximate surface area is 413 Å². The van der Waals surface area contributed by atoms with Gasteiger partial charge >= 0.3 is 23.8 Å². The maximum Gasteiger partial charge on any atom is 0.508 e. The molecule has 17 heteroatoms. The summed E-state index contributed by atoms with van der Waals surface area (Å²) in [5, 5.41) is 24.5. The number of Topliss-reactive ketones (excluding diaryl/α,β-unsaturated/α-hetero) is 1. The van der Waals surface area contributed by atoms with E-state index in [1.54, 1.807) is 25.2 Å². The zero-order chi connectivity index (χ0) is 51.0. The Kier molecular flexibility index (Phi) is 20.6. The van der Waals surface area contributed by atoms with Gasteiger partial charge in [-0.25, -0.2) is 9.78 Å². The van der Waals surface area contributed by atoms with E-state index in [0.29, 0.717) is 38.6 Å². The number of hydrogen-bond donors (Lipinski definition) is 1. The van der Waals surface area contributed by atoms with Gasteiger partial charge in [-0.3, -0.25) is 39.0 Å². The van der Waals surface area contributed by atoms with Crippen LogP contribution < -0.4 is 4.74 Å². The van der Waals surface area contributed by atoms with Gasteiger partial charge in [-0.05, 0) is 87.6 Å². The highest BCUT2D eigenvalue weighted by atomic mass is 32.1. The minimum atomic E-state index is -1.50. The minimum absolute atomic E-state index is 0.0694. The third-order valence-electron chi connectivity index (χ3n) is 13.1. The van der Waals surface area contributed by atoms with Gasteiger partial charge in [-0.1, -0.05) is 89.2 Å². The summed E-state index contributed by atoms with van der Waals surface area (Å²) in [4.78, 5) is 94.7. The van der Waals surface area contributed by atoms with Crippen LogP contribution in [0.3, 0.4) is 0 Å². The van der Waals surface area contributed by atoms with Crippen molar-refractivity contribution in [3.63, 3.8) is 0 Å². The number of carbonyl (C=O) groups is 6. The van der Waals surface area contributed by atoms with Gasteiger partial charge in [-0.15, -0.1) is 17.9 Å². The average molecular weight is 986 g/mol. The Hall–Kier alpha value is -6.07. The minimum Gasteiger partial charge on any atom is -0.457 e. The smallest absolute Gasteiger partial charge is 0.457 e. The Morgan fingerprint density at radius 3 is 2.37 bits per heavy atom. The molecule has 5 atom stereocenters. The van der Waals surface area contributed by atoms with Crippen LogP contribution in [-0.2, 0) is 44.8 Å². The van der Waals surface area contributed by atoms with Crippen LogP contribution in [0.4, 0.5) is 10.5 Å². The standard InChI is InChI=1S/C53H67N3O13S/c1-7-17-39-50(35(3)19-16-18-34(2)21-24-42(38-23-26-44-40(31-38)54-36(4)70-44)67-49(61)32-45(57)53(5,6)51(39)62)69-52(63)66-33-37-22-25-43(41(30-37)56(64)65)68-48(60)20-14-12-10-8-9-11-13-15-29-55-46(58)27-28-47(55)59/h7,21-23,25-28,30-31,35,39,42,45,50,57H,1,8-20,24,29,32-33H2,2-6H3/b34-21-/t35-,39+,42-,45-,50-/m0/s1. The monoisotopic (exact) mass is 985 g/mol. The molecule has 0 saturated carbocycles. The summed E-state index contributed by atoms with van der Waals surface area (Å²) >= 11 is 1.57.